The van der Waals surface area contributed by atoms with Crippen molar-refractivity contribution in [2.45, 2.75) is 64.3 Å². The van der Waals surface area contributed by atoms with Crippen LogP contribution in [0.3, 0.4) is 0 Å². The van der Waals surface area contributed by atoms with E-state index in [1.165, 1.54) is 19.3 Å². The lowest BCUT2D eigenvalue weighted by Crippen LogP contribution is -2.50. The molecule has 1 aliphatic heterocycles. The summed E-state index contributed by atoms with van der Waals surface area (Å²) in [6.45, 7) is 4.31. The molecule has 0 spiro atoms. The molecule has 1 aromatic carbocycles. The van der Waals surface area contributed by atoms with E-state index in [1.807, 2.05) is 18.2 Å². The number of hydrogen-bond donors (Lipinski definition) is 2. The van der Waals surface area contributed by atoms with Crippen LogP contribution in [0.2, 0.25) is 0 Å². The molecule has 5 aliphatic rings. The number of fused-ring (bicyclic) bond motifs is 1. The van der Waals surface area contributed by atoms with Gasteiger partial charge in [0.05, 0.1) is 0 Å². The Morgan fingerprint density at radius 1 is 1.12 bits per heavy atom. The Kier molecular flexibility index (Phi) is 3.39. The first kappa shape index (κ1) is 16.4. The largest absolute Gasteiger partial charge is 0.508 e. The van der Waals surface area contributed by atoms with Gasteiger partial charge in [-0.3, -0.25) is 4.79 Å². The molecule has 0 amide bonds. The molecule has 3 nitrogen and oxygen atoms in total. The third-order valence-electron chi connectivity index (χ3n) is 7.32. The monoisotopic (exact) mass is 351 g/mol. The highest BCUT2D eigenvalue weighted by Gasteiger charge is 2.53. The molecule has 4 aliphatic carbocycles. The molecule has 26 heavy (non-hydrogen) atoms. The van der Waals surface area contributed by atoms with Crippen LogP contribution in [0.1, 0.15) is 63.5 Å². The van der Waals surface area contributed by atoms with Crippen LogP contribution in [0.4, 0.5) is 0 Å². The second-order valence-electron chi connectivity index (χ2n) is 10.1. The molecule has 0 unspecified atom stereocenters. The molecule has 0 aromatic heterocycles. The molecule has 2 N–H and O–H groups in total. The van der Waals surface area contributed by atoms with E-state index < -0.39 is 0 Å². The van der Waals surface area contributed by atoms with Gasteiger partial charge in [-0.05, 0) is 100 Å². The number of phenols is 1. The molecule has 4 saturated carbocycles. The molecule has 4 bridgehead atoms. The number of carbonyl (C=O) groups is 1. The predicted octanol–water partition coefficient (Wildman–Crippen LogP) is 4.44. The third kappa shape index (κ3) is 2.59. The molecule has 0 saturated heterocycles. The first-order chi connectivity index (χ1) is 12.3. The van der Waals surface area contributed by atoms with Crippen molar-refractivity contribution in [3.8, 4) is 5.75 Å². The van der Waals surface area contributed by atoms with Gasteiger partial charge in [0.2, 0.25) is 0 Å². The van der Waals surface area contributed by atoms with Crippen LogP contribution in [0.25, 0.3) is 5.70 Å². The fraction of sp³-hybridized carbons (Fsp3) is 0.609. The fourth-order valence-electron chi connectivity index (χ4n) is 6.75. The number of aromatic hydroxyl groups is 1. The van der Waals surface area contributed by atoms with Crippen LogP contribution in [0, 0.1) is 23.2 Å². The summed E-state index contributed by atoms with van der Waals surface area (Å²) in [7, 11) is 0. The standard InChI is InChI=1S/C23H29NO2/c1-22(2)13-17-8-18(25)3-4-19(17)20(24-22)9-21(26)23-10-14-5-15(11-23)7-16(6-14)12-23/h3-4,8-9,14-16,24-25H,5-7,10-13H2,1-2H3/b20-9-. The quantitative estimate of drug-likeness (QED) is 0.774. The van der Waals surface area contributed by atoms with Crippen molar-refractivity contribution in [2.24, 2.45) is 23.2 Å². The van der Waals surface area contributed by atoms with Gasteiger partial charge in [-0.25, -0.2) is 0 Å². The van der Waals surface area contributed by atoms with Crippen LogP contribution in [-0.2, 0) is 11.2 Å². The molecule has 0 radical (unpaired) electrons. The number of hydrogen-bond acceptors (Lipinski definition) is 3. The molecular weight excluding hydrogens is 322 g/mol. The Hall–Kier alpha value is -1.77. The highest BCUT2D eigenvalue weighted by atomic mass is 16.3. The normalized spacial score (nSPS) is 38.1. The molecule has 6 rings (SSSR count). The van der Waals surface area contributed by atoms with E-state index in [4.69, 9.17) is 0 Å². The highest BCUT2D eigenvalue weighted by molar-refractivity contribution is 6.01. The van der Waals surface area contributed by atoms with Gasteiger partial charge in [0.15, 0.2) is 5.78 Å². The fourth-order valence-corrected chi connectivity index (χ4v) is 6.75. The van der Waals surface area contributed by atoms with Crippen molar-refractivity contribution in [3.63, 3.8) is 0 Å². The zero-order chi connectivity index (χ0) is 18.1. The van der Waals surface area contributed by atoms with Crippen molar-refractivity contribution in [1.82, 2.24) is 5.32 Å². The number of carbonyl (C=O) groups excluding carboxylic acids is 1. The highest BCUT2D eigenvalue weighted by Crippen LogP contribution is 2.60. The van der Waals surface area contributed by atoms with E-state index in [0.717, 1.165) is 60.3 Å². The molecule has 1 aromatic rings. The zero-order valence-corrected chi connectivity index (χ0v) is 15.8. The summed E-state index contributed by atoms with van der Waals surface area (Å²) in [5, 5.41) is 13.5. The molecule has 3 heteroatoms. The van der Waals surface area contributed by atoms with Crippen molar-refractivity contribution in [2.75, 3.05) is 0 Å². The molecule has 0 atom stereocenters. The van der Waals surface area contributed by atoms with E-state index in [0.29, 0.717) is 11.5 Å². The summed E-state index contributed by atoms with van der Waals surface area (Å²) in [6.07, 6.45) is 10.1. The second-order valence-corrected chi connectivity index (χ2v) is 10.1. The number of rotatable bonds is 2. The summed E-state index contributed by atoms with van der Waals surface area (Å²) in [5.74, 6) is 2.99. The van der Waals surface area contributed by atoms with E-state index in [9.17, 15) is 9.90 Å². The minimum absolute atomic E-state index is 0.0951. The lowest BCUT2D eigenvalue weighted by Gasteiger charge is -2.55. The maximum atomic E-state index is 13.5. The molecule has 4 fully saturated rings. The van der Waals surface area contributed by atoms with Gasteiger partial charge in [0, 0.05) is 28.3 Å². The number of nitrogens with one attached hydrogen (secondary N) is 1. The number of allylic oxidation sites excluding steroid dienone is 1. The van der Waals surface area contributed by atoms with E-state index >= 15 is 0 Å². The summed E-state index contributed by atoms with van der Waals surface area (Å²) >= 11 is 0. The Bertz CT molecular complexity index is 769. The molecule has 1 heterocycles. The van der Waals surface area contributed by atoms with Gasteiger partial charge in [-0.1, -0.05) is 0 Å². The molecule has 138 valence electrons. The Balaban J connectivity index is 1.51. The summed E-state index contributed by atoms with van der Waals surface area (Å²) in [5.41, 5.74) is 2.92. The average Bonchev–Trinajstić information content (AvgIpc) is 2.51. The summed E-state index contributed by atoms with van der Waals surface area (Å²) < 4.78 is 0. The average molecular weight is 351 g/mol. The van der Waals surface area contributed by atoms with Gasteiger partial charge < -0.3 is 10.4 Å². The van der Waals surface area contributed by atoms with Gasteiger partial charge in [0.1, 0.15) is 5.75 Å². The number of benzene rings is 1. The van der Waals surface area contributed by atoms with Gasteiger partial charge >= 0.3 is 0 Å². The lowest BCUT2D eigenvalue weighted by atomic mass is 9.48. The van der Waals surface area contributed by atoms with Gasteiger partial charge in [0.25, 0.3) is 0 Å². The summed E-state index contributed by atoms with van der Waals surface area (Å²) in [4.78, 5) is 13.5. The molecular formula is C23H29NO2. The Morgan fingerprint density at radius 2 is 1.73 bits per heavy atom. The Morgan fingerprint density at radius 3 is 2.35 bits per heavy atom. The maximum Gasteiger partial charge on any atom is 0.163 e. The van der Waals surface area contributed by atoms with E-state index in [2.05, 4.69) is 19.2 Å². The number of phenolic OH excluding ortho intramolecular Hbond substituents is 1. The van der Waals surface area contributed by atoms with Gasteiger partial charge in [-0.15, -0.1) is 0 Å². The first-order valence-corrected chi connectivity index (χ1v) is 10.2. The van der Waals surface area contributed by atoms with Crippen LogP contribution >= 0.6 is 0 Å². The Labute approximate surface area is 155 Å². The van der Waals surface area contributed by atoms with Crippen molar-refractivity contribution in [3.05, 3.63) is 35.4 Å². The maximum absolute atomic E-state index is 13.5. The van der Waals surface area contributed by atoms with Crippen LogP contribution in [0.5, 0.6) is 5.75 Å². The van der Waals surface area contributed by atoms with Crippen molar-refractivity contribution >= 4 is 11.5 Å². The van der Waals surface area contributed by atoms with E-state index in [1.54, 1.807) is 6.07 Å². The van der Waals surface area contributed by atoms with Gasteiger partial charge in [-0.2, -0.15) is 0 Å². The SMILES string of the molecule is CC1(C)Cc2cc(O)ccc2/C(=C/C(=O)C23CC4CC(CC(C4)C2)C3)N1. The smallest absolute Gasteiger partial charge is 0.163 e. The minimum atomic E-state index is -0.117. The second kappa shape index (κ2) is 5.37. The lowest BCUT2D eigenvalue weighted by molar-refractivity contribution is -0.138. The number of ketones is 1. The van der Waals surface area contributed by atoms with Crippen LogP contribution in [-0.4, -0.2) is 16.4 Å². The van der Waals surface area contributed by atoms with Crippen molar-refractivity contribution in [1.29, 1.82) is 0 Å². The third-order valence-corrected chi connectivity index (χ3v) is 7.32. The summed E-state index contributed by atoms with van der Waals surface area (Å²) in [6, 6.07) is 5.52. The predicted molar refractivity (Wildman–Crippen MR) is 103 cm³/mol. The zero-order valence-electron chi connectivity index (χ0n) is 15.8. The van der Waals surface area contributed by atoms with Crippen molar-refractivity contribution < 1.29 is 9.90 Å². The first-order valence-electron chi connectivity index (χ1n) is 10.2. The van der Waals surface area contributed by atoms with E-state index in [-0.39, 0.29) is 11.0 Å². The van der Waals surface area contributed by atoms with Crippen LogP contribution in [0.15, 0.2) is 24.3 Å². The minimum Gasteiger partial charge on any atom is -0.508 e. The topological polar surface area (TPSA) is 49.3 Å². The van der Waals surface area contributed by atoms with Crippen LogP contribution < -0.4 is 5.32 Å².